The van der Waals surface area contributed by atoms with E-state index in [1.165, 1.54) is 6.26 Å². The molecule has 0 spiro atoms. The predicted molar refractivity (Wildman–Crippen MR) is 70.5 cm³/mol. The monoisotopic (exact) mass is 249 g/mol. The van der Waals surface area contributed by atoms with E-state index in [1.807, 2.05) is 0 Å². The average molecular weight is 249 g/mol. The molecule has 0 aromatic carbocycles. The summed E-state index contributed by atoms with van der Waals surface area (Å²) >= 11 is 0. The molecule has 1 atom stereocenters. The largest absolute Gasteiger partial charge is 0.314 e. The molecule has 16 heavy (non-hydrogen) atoms. The number of rotatable bonds is 8. The van der Waals surface area contributed by atoms with E-state index in [0.29, 0.717) is 11.8 Å². The van der Waals surface area contributed by atoms with Gasteiger partial charge in [0, 0.05) is 24.6 Å². The minimum Gasteiger partial charge on any atom is -0.314 e. The molecular formula is C12H27NO2S. The summed E-state index contributed by atoms with van der Waals surface area (Å²) < 4.78 is 22.1. The van der Waals surface area contributed by atoms with Gasteiger partial charge in [-0.05, 0) is 24.7 Å². The highest BCUT2D eigenvalue weighted by Crippen LogP contribution is 2.26. The highest BCUT2D eigenvalue weighted by atomic mass is 32.2. The Morgan fingerprint density at radius 3 is 2.25 bits per heavy atom. The van der Waals surface area contributed by atoms with Crippen molar-refractivity contribution in [2.75, 3.05) is 18.6 Å². The van der Waals surface area contributed by atoms with Crippen molar-refractivity contribution in [1.82, 2.24) is 5.32 Å². The summed E-state index contributed by atoms with van der Waals surface area (Å²) in [5, 5.41) is 3.44. The molecule has 4 heteroatoms. The smallest absolute Gasteiger partial charge is 0.147 e. The lowest BCUT2D eigenvalue weighted by atomic mass is 9.83. The number of hydrogen-bond acceptors (Lipinski definition) is 3. The first-order valence-corrected chi connectivity index (χ1v) is 8.16. The fraction of sp³-hybridized carbons (Fsp3) is 1.00. The van der Waals surface area contributed by atoms with Gasteiger partial charge in [-0.3, -0.25) is 0 Å². The first-order valence-electron chi connectivity index (χ1n) is 6.09. The molecule has 0 heterocycles. The molecule has 1 N–H and O–H groups in total. The van der Waals surface area contributed by atoms with Crippen LogP contribution in [-0.2, 0) is 9.84 Å². The molecule has 0 saturated heterocycles. The lowest BCUT2D eigenvalue weighted by molar-refractivity contribution is 0.259. The summed E-state index contributed by atoms with van der Waals surface area (Å²) in [4.78, 5) is 0. The second-order valence-electron chi connectivity index (χ2n) is 5.43. The van der Waals surface area contributed by atoms with Crippen LogP contribution in [-0.4, -0.2) is 33.0 Å². The number of hydrogen-bond donors (Lipinski definition) is 1. The summed E-state index contributed by atoms with van der Waals surface area (Å²) in [6, 6.07) is 0.487. The van der Waals surface area contributed by atoms with Crippen molar-refractivity contribution in [3.8, 4) is 0 Å². The molecule has 0 saturated carbocycles. The van der Waals surface area contributed by atoms with Crippen LogP contribution in [0.15, 0.2) is 0 Å². The third kappa shape index (κ3) is 8.11. The van der Waals surface area contributed by atoms with Gasteiger partial charge < -0.3 is 5.32 Å². The van der Waals surface area contributed by atoms with E-state index >= 15 is 0 Å². The van der Waals surface area contributed by atoms with Crippen molar-refractivity contribution < 1.29 is 8.42 Å². The molecule has 0 radical (unpaired) electrons. The van der Waals surface area contributed by atoms with Gasteiger partial charge in [0.1, 0.15) is 9.84 Å². The third-order valence-electron chi connectivity index (χ3n) is 3.09. The third-order valence-corrected chi connectivity index (χ3v) is 4.12. The lowest BCUT2D eigenvalue weighted by Gasteiger charge is -2.29. The molecule has 0 aliphatic rings. The second kappa shape index (κ2) is 6.60. The van der Waals surface area contributed by atoms with Crippen LogP contribution in [0, 0.1) is 5.41 Å². The van der Waals surface area contributed by atoms with Gasteiger partial charge in [-0.2, -0.15) is 0 Å². The first-order chi connectivity index (χ1) is 7.18. The van der Waals surface area contributed by atoms with Crippen molar-refractivity contribution in [3.63, 3.8) is 0 Å². The van der Waals surface area contributed by atoms with Crippen molar-refractivity contribution in [1.29, 1.82) is 0 Å². The van der Waals surface area contributed by atoms with Crippen molar-refractivity contribution in [2.24, 2.45) is 5.41 Å². The van der Waals surface area contributed by atoms with Crippen molar-refractivity contribution in [2.45, 2.75) is 53.0 Å². The van der Waals surface area contributed by atoms with Crippen LogP contribution in [0.3, 0.4) is 0 Å². The lowest BCUT2D eigenvalue weighted by Crippen LogP contribution is -2.35. The van der Waals surface area contributed by atoms with Crippen LogP contribution in [0.4, 0.5) is 0 Å². The van der Waals surface area contributed by atoms with E-state index in [2.05, 4.69) is 33.0 Å². The van der Waals surface area contributed by atoms with Gasteiger partial charge >= 0.3 is 0 Å². The van der Waals surface area contributed by atoms with E-state index in [4.69, 9.17) is 0 Å². The Hall–Kier alpha value is -0.0900. The quantitative estimate of drug-likeness (QED) is 0.717. The maximum atomic E-state index is 11.1. The zero-order chi connectivity index (χ0) is 12.8. The zero-order valence-corrected chi connectivity index (χ0v) is 12.2. The molecule has 0 amide bonds. The molecule has 3 nitrogen and oxygen atoms in total. The Balaban J connectivity index is 4.06. The molecular weight excluding hydrogens is 222 g/mol. The molecule has 0 aromatic heterocycles. The van der Waals surface area contributed by atoms with Gasteiger partial charge in [-0.1, -0.05) is 27.7 Å². The van der Waals surface area contributed by atoms with E-state index in [0.717, 1.165) is 25.8 Å². The minimum absolute atomic E-state index is 0.217. The van der Waals surface area contributed by atoms with Crippen LogP contribution in [0.2, 0.25) is 0 Å². The summed E-state index contributed by atoms with van der Waals surface area (Å²) in [7, 11) is -2.81. The zero-order valence-electron chi connectivity index (χ0n) is 11.3. The van der Waals surface area contributed by atoms with E-state index < -0.39 is 9.84 Å². The summed E-state index contributed by atoms with van der Waals surface area (Å²) in [5.74, 6) is 0.310. The van der Waals surface area contributed by atoms with Crippen LogP contribution in [0.1, 0.15) is 47.0 Å². The van der Waals surface area contributed by atoms with E-state index in [1.54, 1.807) is 0 Å². The van der Waals surface area contributed by atoms with Gasteiger partial charge in [0.05, 0.1) is 0 Å². The summed E-state index contributed by atoms with van der Waals surface area (Å²) in [6.07, 6.45) is 4.12. The van der Waals surface area contributed by atoms with E-state index in [9.17, 15) is 8.42 Å². The van der Waals surface area contributed by atoms with Crippen LogP contribution >= 0.6 is 0 Å². The Bertz CT molecular complexity index is 285. The topological polar surface area (TPSA) is 46.2 Å². The van der Waals surface area contributed by atoms with Gasteiger partial charge in [-0.25, -0.2) is 8.42 Å². The predicted octanol–water partition coefficient (Wildman–Crippen LogP) is 2.23. The van der Waals surface area contributed by atoms with E-state index in [-0.39, 0.29) is 5.41 Å². The summed E-state index contributed by atoms with van der Waals surface area (Å²) in [5.41, 5.74) is 0.217. The van der Waals surface area contributed by atoms with Crippen LogP contribution < -0.4 is 5.32 Å². The first kappa shape index (κ1) is 15.9. The molecule has 98 valence electrons. The van der Waals surface area contributed by atoms with Crippen molar-refractivity contribution in [3.05, 3.63) is 0 Å². The Labute approximate surface area is 101 Å². The summed E-state index contributed by atoms with van der Waals surface area (Å²) in [6.45, 7) is 9.62. The van der Waals surface area contributed by atoms with Crippen molar-refractivity contribution >= 4 is 9.84 Å². The van der Waals surface area contributed by atoms with Gasteiger partial charge in [0.25, 0.3) is 0 Å². The molecule has 0 rings (SSSR count). The van der Waals surface area contributed by atoms with Gasteiger partial charge in [0.15, 0.2) is 0 Å². The van der Waals surface area contributed by atoms with Gasteiger partial charge in [-0.15, -0.1) is 0 Å². The highest BCUT2D eigenvalue weighted by Gasteiger charge is 2.22. The minimum atomic E-state index is -2.81. The molecule has 0 fully saturated rings. The van der Waals surface area contributed by atoms with Gasteiger partial charge in [0.2, 0.25) is 0 Å². The SMILES string of the molecule is CCC(C)(CCCS(C)(=O)=O)CNC(C)C. The molecule has 0 bridgehead atoms. The number of sulfone groups is 1. The maximum Gasteiger partial charge on any atom is 0.147 e. The highest BCUT2D eigenvalue weighted by molar-refractivity contribution is 7.90. The Morgan fingerprint density at radius 2 is 1.88 bits per heavy atom. The maximum absolute atomic E-state index is 11.1. The average Bonchev–Trinajstić information content (AvgIpc) is 2.13. The normalized spacial score (nSPS) is 16.4. The molecule has 0 aliphatic heterocycles. The molecule has 0 aliphatic carbocycles. The Kier molecular flexibility index (Phi) is 6.56. The standard InChI is InChI=1S/C12H27NO2S/c1-6-12(4,10-13-11(2)3)8-7-9-16(5,14)15/h11,13H,6-10H2,1-5H3. The Morgan fingerprint density at radius 1 is 1.31 bits per heavy atom. The number of nitrogens with one attached hydrogen (secondary N) is 1. The molecule has 0 aromatic rings. The fourth-order valence-electron chi connectivity index (χ4n) is 1.60. The second-order valence-corrected chi connectivity index (χ2v) is 7.69. The van der Waals surface area contributed by atoms with Crippen LogP contribution in [0.25, 0.3) is 0 Å². The molecule has 1 unspecified atom stereocenters. The van der Waals surface area contributed by atoms with Crippen LogP contribution in [0.5, 0.6) is 0 Å². The fourth-order valence-corrected chi connectivity index (χ4v) is 2.27.